The van der Waals surface area contributed by atoms with Crippen LogP contribution in [0.4, 0.5) is 4.39 Å². The molecule has 3 rings (SSSR count). The Morgan fingerprint density at radius 3 is 2.23 bits per heavy atom. The molecule has 0 aliphatic carbocycles. The molecule has 0 aliphatic heterocycles. The number of benzene rings is 3. The third kappa shape index (κ3) is 2.58. The highest BCUT2D eigenvalue weighted by molar-refractivity contribution is 6.31. The van der Waals surface area contributed by atoms with Crippen LogP contribution in [0.25, 0.3) is 22.3 Å². The van der Waals surface area contributed by atoms with Gasteiger partial charge in [0.15, 0.2) is 0 Å². The van der Waals surface area contributed by atoms with Gasteiger partial charge in [-0.3, -0.25) is 0 Å². The molecule has 0 aromatic heterocycles. The third-order valence-corrected chi connectivity index (χ3v) is 3.84. The first-order valence-electron chi connectivity index (χ1n) is 6.89. The second kappa shape index (κ2) is 6.20. The zero-order valence-corrected chi connectivity index (χ0v) is 12.8. The van der Waals surface area contributed by atoms with Crippen LogP contribution in [0.2, 0.25) is 5.02 Å². The minimum absolute atomic E-state index is 0.0995. The van der Waals surface area contributed by atoms with Crippen molar-refractivity contribution < 1.29 is 9.13 Å². The lowest BCUT2D eigenvalue weighted by molar-refractivity contribution is 0.416. The molecule has 0 saturated carbocycles. The Morgan fingerprint density at radius 1 is 0.818 bits per heavy atom. The SMILES string of the molecule is COc1cccc(-c2ccccc2)c1-c1cccc(Cl)c1F. The highest BCUT2D eigenvalue weighted by atomic mass is 35.5. The summed E-state index contributed by atoms with van der Waals surface area (Å²) in [6.45, 7) is 0. The highest BCUT2D eigenvalue weighted by Crippen LogP contribution is 2.41. The van der Waals surface area contributed by atoms with Crippen molar-refractivity contribution in [1.29, 1.82) is 0 Å². The first-order chi connectivity index (χ1) is 10.7. The van der Waals surface area contributed by atoms with Crippen LogP contribution in [-0.4, -0.2) is 7.11 Å². The van der Waals surface area contributed by atoms with E-state index < -0.39 is 5.82 Å². The predicted molar refractivity (Wildman–Crippen MR) is 88.8 cm³/mol. The minimum Gasteiger partial charge on any atom is -0.496 e. The van der Waals surface area contributed by atoms with Crippen molar-refractivity contribution in [2.45, 2.75) is 0 Å². The van der Waals surface area contributed by atoms with Crippen LogP contribution in [0.5, 0.6) is 5.75 Å². The number of rotatable bonds is 3. The fraction of sp³-hybridized carbons (Fsp3) is 0.0526. The summed E-state index contributed by atoms with van der Waals surface area (Å²) in [7, 11) is 1.58. The van der Waals surface area contributed by atoms with Crippen molar-refractivity contribution in [3.8, 4) is 28.0 Å². The lowest BCUT2D eigenvalue weighted by Crippen LogP contribution is -1.94. The molecule has 0 spiro atoms. The smallest absolute Gasteiger partial charge is 0.149 e. The second-order valence-corrected chi connectivity index (χ2v) is 5.26. The fourth-order valence-electron chi connectivity index (χ4n) is 2.53. The van der Waals surface area contributed by atoms with Crippen LogP contribution in [-0.2, 0) is 0 Å². The van der Waals surface area contributed by atoms with E-state index in [4.69, 9.17) is 16.3 Å². The maximum atomic E-state index is 14.5. The standard InChI is InChI=1S/C19H14ClFO/c1-22-17-12-6-9-14(13-7-3-2-4-8-13)18(17)15-10-5-11-16(20)19(15)21/h2-12H,1H3. The molecule has 0 unspecified atom stereocenters. The maximum absolute atomic E-state index is 14.5. The molecule has 0 bridgehead atoms. The van der Waals surface area contributed by atoms with E-state index in [1.165, 1.54) is 6.07 Å². The zero-order chi connectivity index (χ0) is 15.5. The summed E-state index contributed by atoms with van der Waals surface area (Å²) in [6, 6.07) is 20.5. The minimum atomic E-state index is -0.439. The van der Waals surface area contributed by atoms with Crippen molar-refractivity contribution in [2.24, 2.45) is 0 Å². The molecule has 3 heteroatoms. The average molecular weight is 313 g/mol. The molecule has 1 nitrogen and oxygen atoms in total. The molecule has 3 aromatic carbocycles. The summed E-state index contributed by atoms with van der Waals surface area (Å²) in [4.78, 5) is 0. The predicted octanol–water partition coefficient (Wildman–Crippen LogP) is 5.82. The Bertz CT molecular complexity index is 800. The van der Waals surface area contributed by atoms with Crippen molar-refractivity contribution in [1.82, 2.24) is 0 Å². The largest absolute Gasteiger partial charge is 0.496 e. The summed E-state index contributed by atoms with van der Waals surface area (Å²) in [5.41, 5.74) is 3.04. The van der Waals surface area contributed by atoms with Crippen LogP contribution in [0.3, 0.4) is 0 Å². The Morgan fingerprint density at radius 2 is 1.50 bits per heavy atom. The van der Waals surface area contributed by atoms with Gasteiger partial charge in [-0.15, -0.1) is 0 Å². The number of ether oxygens (including phenoxy) is 1. The van der Waals surface area contributed by atoms with Gasteiger partial charge < -0.3 is 4.74 Å². The number of hydrogen-bond donors (Lipinski definition) is 0. The van der Waals surface area contributed by atoms with E-state index in [-0.39, 0.29) is 5.02 Å². The van der Waals surface area contributed by atoms with Gasteiger partial charge in [-0.1, -0.05) is 66.2 Å². The molecule has 0 fully saturated rings. The molecule has 0 aliphatic rings. The highest BCUT2D eigenvalue weighted by Gasteiger charge is 2.17. The molecule has 3 aromatic rings. The van der Waals surface area contributed by atoms with Gasteiger partial charge in [-0.05, 0) is 23.3 Å². The zero-order valence-electron chi connectivity index (χ0n) is 12.0. The molecule has 0 heterocycles. The topological polar surface area (TPSA) is 9.23 Å². The summed E-state index contributed by atoms with van der Waals surface area (Å²) < 4.78 is 20.0. The van der Waals surface area contributed by atoms with E-state index in [1.54, 1.807) is 19.2 Å². The first-order valence-corrected chi connectivity index (χ1v) is 7.27. The summed E-state index contributed by atoms with van der Waals surface area (Å²) >= 11 is 5.94. The van der Waals surface area contributed by atoms with Gasteiger partial charge in [-0.25, -0.2) is 4.39 Å². The fourth-order valence-corrected chi connectivity index (χ4v) is 2.71. The molecule has 0 amide bonds. The van der Waals surface area contributed by atoms with E-state index in [0.29, 0.717) is 16.9 Å². The van der Waals surface area contributed by atoms with Gasteiger partial charge >= 0.3 is 0 Å². The normalized spacial score (nSPS) is 10.5. The van der Waals surface area contributed by atoms with E-state index in [1.807, 2.05) is 48.5 Å². The third-order valence-electron chi connectivity index (χ3n) is 3.55. The second-order valence-electron chi connectivity index (χ2n) is 4.85. The lowest BCUT2D eigenvalue weighted by atomic mass is 9.93. The summed E-state index contributed by atoms with van der Waals surface area (Å²) in [5, 5.41) is 0.0995. The van der Waals surface area contributed by atoms with Gasteiger partial charge in [0.05, 0.1) is 12.1 Å². The van der Waals surface area contributed by atoms with Crippen LogP contribution < -0.4 is 4.74 Å². The number of hydrogen-bond acceptors (Lipinski definition) is 1. The van der Waals surface area contributed by atoms with Crippen LogP contribution in [0.1, 0.15) is 0 Å². The molecular weight excluding hydrogens is 299 g/mol. The van der Waals surface area contributed by atoms with E-state index >= 15 is 0 Å². The monoisotopic (exact) mass is 312 g/mol. The van der Waals surface area contributed by atoms with Crippen molar-refractivity contribution in [2.75, 3.05) is 7.11 Å². The molecule has 110 valence electrons. The van der Waals surface area contributed by atoms with E-state index in [2.05, 4.69) is 0 Å². The Kier molecular flexibility index (Phi) is 4.12. The van der Waals surface area contributed by atoms with Crippen LogP contribution in [0.15, 0.2) is 66.7 Å². The maximum Gasteiger partial charge on any atom is 0.149 e. The van der Waals surface area contributed by atoms with Gasteiger partial charge in [0.1, 0.15) is 11.6 Å². The van der Waals surface area contributed by atoms with E-state index in [9.17, 15) is 4.39 Å². The molecule has 22 heavy (non-hydrogen) atoms. The van der Waals surface area contributed by atoms with Gasteiger partial charge in [0, 0.05) is 11.1 Å². The van der Waals surface area contributed by atoms with Crippen molar-refractivity contribution in [3.63, 3.8) is 0 Å². The van der Waals surface area contributed by atoms with Crippen molar-refractivity contribution in [3.05, 3.63) is 77.6 Å². The lowest BCUT2D eigenvalue weighted by Gasteiger charge is -2.15. The Labute approximate surface area is 133 Å². The van der Waals surface area contributed by atoms with Gasteiger partial charge in [0.2, 0.25) is 0 Å². The van der Waals surface area contributed by atoms with Gasteiger partial charge in [-0.2, -0.15) is 0 Å². The number of halogens is 2. The average Bonchev–Trinajstić information content (AvgIpc) is 2.57. The van der Waals surface area contributed by atoms with Crippen molar-refractivity contribution >= 4 is 11.6 Å². The number of methoxy groups -OCH3 is 1. The molecule has 0 saturated heterocycles. The Hall–Kier alpha value is -2.32. The first kappa shape index (κ1) is 14.6. The quantitative estimate of drug-likeness (QED) is 0.592. The summed E-state index contributed by atoms with van der Waals surface area (Å²) in [6.07, 6.45) is 0. The Balaban J connectivity index is 2.32. The summed E-state index contributed by atoms with van der Waals surface area (Å²) in [5.74, 6) is 0.174. The molecule has 0 N–H and O–H groups in total. The molecule has 0 radical (unpaired) electrons. The van der Waals surface area contributed by atoms with Crippen LogP contribution >= 0.6 is 11.6 Å². The van der Waals surface area contributed by atoms with Gasteiger partial charge in [0.25, 0.3) is 0 Å². The van der Waals surface area contributed by atoms with E-state index in [0.717, 1.165) is 11.1 Å². The molecule has 0 atom stereocenters. The molecular formula is C19H14ClFO. The van der Waals surface area contributed by atoms with Crippen LogP contribution in [0, 0.1) is 5.82 Å².